The van der Waals surface area contributed by atoms with Crippen molar-refractivity contribution in [2.45, 2.75) is 30.5 Å². The van der Waals surface area contributed by atoms with E-state index < -0.39 is 35.5 Å². The molecule has 1 aliphatic heterocycles. The lowest BCUT2D eigenvalue weighted by atomic mass is 9.82. The predicted molar refractivity (Wildman–Crippen MR) is 105 cm³/mol. The van der Waals surface area contributed by atoms with E-state index in [9.17, 15) is 27.5 Å². The first-order chi connectivity index (χ1) is 14.7. The molecule has 31 heavy (non-hydrogen) atoms. The van der Waals surface area contributed by atoms with Gasteiger partial charge in [0.2, 0.25) is 0 Å². The molecule has 2 heterocycles. The lowest BCUT2D eigenvalue weighted by molar-refractivity contribution is -0.232. The third-order valence-corrected chi connectivity index (χ3v) is 5.29. The topological polar surface area (TPSA) is 87.6 Å². The van der Waals surface area contributed by atoms with Gasteiger partial charge in [0.1, 0.15) is 11.6 Å². The zero-order valence-electron chi connectivity index (χ0n) is 16.0. The second-order valence-corrected chi connectivity index (χ2v) is 7.34. The van der Waals surface area contributed by atoms with Gasteiger partial charge in [-0.05, 0) is 49.1 Å². The molecule has 0 fully saturated rings. The van der Waals surface area contributed by atoms with Crippen molar-refractivity contribution in [3.05, 3.63) is 64.3 Å². The van der Waals surface area contributed by atoms with Crippen LogP contribution in [0.15, 0.2) is 52.4 Å². The fourth-order valence-electron chi connectivity index (χ4n) is 3.66. The van der Waals surface area contributed by atoms with Crippen LogP contribution in [0.3, 0.4) is 0 Å². The Kier molecular flexibility index (Phi) is 5.26. The molecular weight excluding hydrogens is 418 g/mol. The summed E-state index contributed by atoms with van der Waals surface area (Å²) in [5.74, 6) is -1.11. The minimum absolute atomic E-state index is 0.0530. The van der Waals surface area contributed by atoms with Crippen LogP contribution >= 0.6 is 0 Å². The fourth-order valence-corrected chi connectivity index (χ4v) is 3.66. The van der Waals surface area contributed by atoms with Gasteiger partial charge in [-0.3, -0.25) is 9.79 Å². The van der Waals surface area contributed by atoms with E-state index in [1.807, 2.05) is 0 Å². The van der Waals surface area contributed by atoms with Gasteiger partial charge < -0.3 is 9.84 Å². The Balaban J connectivity index is 1.72. The average molecular weight is 435 g/mol. The highest BCUT2D eigenvalue weighted by Crippen LogP contribution is 2.43. The number of rotatable bonds is 4. The summed E-state index contributed by atoms with van der Waals surface area (Å²) in [6, 6.07) is 8.01. The van der Waals surface area contributed by atoms with E-state index in [-0.39, 0.29) is 35.1 Å². The largest absolute Gasteiger partial charge is 0.493 e. The number of fused-ring (bicyclic) bond motifs is 2. The molecule has 0 saturated heterocycles. The predicted octanol–water partition coefficient (Wildman–Crippen LogP) is 4.01. The number of nitrogens with one attached hydrogen (secondary N) is 1. The molecular formula is C21H17F4N3O3. The molecule has 1 aliphatic rings. The SMILES string of the molecule is O=c1[nH]ncc2c(/N=C\C(O)(CC3CCOc4ccc(F)cc43)C(F)(F)F)cccc12. The maximum absolute atomic E-state index is 13.9. The number of nitrogens with zero attached hydrogens (tertiary/aromatic N) is 2. The van der Waals surface area contributed by atoms with Crippen molar-refractivity contribution in [3.63, 3.8) is 0 Å². The molecule has 0 saturated carbocycles. The van der Waals surface area contributed by atoms with Crippen LogP contribution in [-0.4, -0.2) is 39.9 Å². The Bertz CT molecular complexity index is 1210. The molecule has 10 heteroatoms. The maximum atomic E-state index is 13.9. The molecule has 0 spiro atoms. The smallest absolute Gasteiger partial charge is 0.422 e. The second-order valence-electron chi connectivity index (χ2n) is 7.34. The Hall–Kier alpha value is -3.27. The van der Waals surface area contributed by atoms with Gasteiger partial charge in [-0.25, -0.2) is 9.49 Å². The van der Waals surface area contributed by atoms with Crippen molar-refractivity contribution >= 4 is 22.7 Å². The minimum atomic E-state index is -5.04. The quantitative estimate of drug-likeness (QED) is 0.479. The summed E-state index contributed by atoms with van der Waals surface area (Å²) in [6.07, 6.45) is -3.92. The Morgan fingerprint density at radius 1 is 1.26 bits per heavy atom. The van der Waals surface area contributed by atoms with Crippen LogP contribution in [0.25, 0.3) is 10.8 Å². The number of hydrogen-bond acceptors (Lipinski definition) is 5. The van der Waals surface area contributed by atoms with Crippen LogP contribution in [0.5, 0.6) is 5.75 Å². The van der Waals surface area contributed by atoms with Gasteiger partial charge in [-0.2, -0.15) is 18.3 Å². The molecule has 3 aromatic rings. The van der Waals surface area contributed by atoms with E-state index in [2.05, 4.69) is 15.2 Å². The molecule has 2 N–H and O–H groups in total. The van der Waals surface area contributed by atoms with Crippen LogP contribution in [-0.2, 0) is 0 Å². The van der Waals surface area contributed by atoms with Gasteiger partial charge in [0.25, 0.3) is 5.56 Å². The minimum Gasteiger partial charge on any atom is -0.493 e. The summed E-state index contributed by atoms with van der Waals surface area (Å²) < 4.78 is 60.7. The third kappa shape index (κ3) is 4.02. The van der Waals surface area contributed by atoms with Gasteiger partial charge in [0.05, 0.1) is 23.9 Å². The monoisotopic (exact) mass is 435 g/mol. The fraction of sp³-hybridized carbons (Fsp3) is 0.286. The van der Waals surface area contributed by atoms with E-state index in [0.717, 1.165) is 12.1 Å². The molecule has 0 radical (unpaired) electrons. The van der Waals surface area contributed by atoms with E-state index >= 15 is 0 Å². The number of aromatic amines is 1. The zero-order chi connectivity index (χ0) is 22.2. The molecule has 0 amide bonds. The van der Waals surface area contributed by atoms with Crippen LogP contribution in [0.1, 0.15) is 24.3 Å². The van der Waals surface area contributed by atoms with E-state index in [1.54, 1.807) is 0 Å². The Morgan fingerprint density at radius 3 is 2.84 bits per heavy atom. The van der Waals surface area contributed by atoms with Crippen molar-refractivity contribution in [1.29, 1.82) is 0 Å². The molecule has 0 bridgehead atoms. The van der Waals surface area contributed by atoms with E-state index in [0.29, 0.717) is 12.0 Å². The van der Waals surface area contributed by atoms with Gasteiger partial charge in [0.15, 0.2) is 5.60 Å². The lowest BCUT2D eigenvalue weighted by Gasteiger charge is -2.33. The normalized spacial score (nSPS) is 18.5. The van der Waals surface area contributed by atoms with Crippen molar-refractivity contribution in [1.82, 2.24) is 10.2 Å². The number of aliphatic imine (C=N–C) groups is 1. The highest BCUT2D eigenvalue weighted by Gasteiger charge is 2.54. The summed E-state index contributed by atoms with van der Waals surface area (Å²) in [4.78, 5) is 15.7. The van der Waals surface area contributed by atoms with Crippen molar-refractivity contribution < 1.29 is 27.4 Å². The summed E-state index contributed by atoms with van der Waals surface area (Å²) >= 11 is 0. The Labute approximate surface area is 173 Å². The van der Waals surface area contributed by atoms with Crippen molar-refractivity contribution in [2.24, 2.45) is 4.99 Å². The first-order valence-corrected chi connectivity index (χ1v) is 9.41. The standard InChI is InChI=1S/C21H17F4N3O3/c22-13-4-5-18-15(8-13)12(6-7-31-18)9-20(30,21(23,24)25)11-26-17-3-1-2-14-16(17)10-27-28-19(14)29/h1-5,8,10-12,30H,6-7,9H2,(H,28,29)/b26-11-. The van der Waals surface area contributed by atoms with Crippen LogP contribution in [0, 0.1) is 5.82 Å². The average Bonchev–Trinajstić information content (AvgIpc) is 2.72. The Morgan fingerprint density at radius 2 is 2.06 bits per heavy atom. The number of aromatic nitrogens is 2. The zero-order valence-corrected chi connectivity index (χ0v) is 16.0. The number of H-pyrrole nitrogens is 1. The first kappa shape index (κ1) is 21.0. The van der Waals surface area contributed by atoms with Gasteiger partial charge in [-0.15, -0.1) is 0 Å². The number of hydrogen-bond donors (Lipinski definition) is 2. The lowest BCUT2D eigenvalue weighted by Crippen LogP contribution is -2.48. The van der Waals surface area contributed by atoms with Crippen LogP contribution in [0.2, 0.25) is 0 Å². The van der Waals surface area contributed by atoms with Crippen molar-refractivity contribution in [3.8, 4) is 5.75 Å². The molecule has 1 aromatic heterocycles. The number of ether oxygens (including phenoxy) is 1. The molecule has 2 unspecified atom stereocenters. The molecule has 6 nitrogen and oxygen atoms in total. The highest BCUT2D eigenvalue weighted by atomic mass is 19.4. The van der Waals surface area contributed by atoms with Gasteiger partial charge in [0, 0.05) is 17.2 Å². The maximum Gasteiger partial charge on any atom is 0.422 e. The third-order valence-electron chi connectivity index (χ3n) is 5.29. The highest BCUT2D eigenvalue weighted by molar-refractivity contribution is 5.93. The molecule has 2 aromatic carbocycles. The number of halogens is 4. The number of alkyl halides is 3. The van der Waals surface area contributed by atoms with Crippen LogP contribution < -0.4 is 10.3 Å². The van der Waals surface area contributed by atoms with Crippen molar-refractivity contribution in [2.75, 3.05) is 6.61 Å². The summed E-state index contributed by atoms with van der Waals surface area (Å²) in [5, 5.41) is 16.9. The second kappa shape index (κ2) is 7.77. The van der Waals surface area contributed by atoms with E-state index in [4.69, 9.17) is 4.74 Å². The van der Waals surface area contributed by atoms with Gasteiger partial charge in [-0.1, -0.05) is 6.07 Å². The number of benzene rings is 2. The van der Waals surface area contributed by atoms with E-state index in [1.165, 1.54) is 30.5 Å². The molecule has 0 aliphatic carbocycles. The van der Waals surface area contributed by atoms with Gasteiger partial charge >= 0.3 is 6.18 Å². The first-order valence-electron chi connectivity index (χ1n) is 9.41. The number of aliphatic hydroxyl groups is 1. The molecule has 4 rings (SSSR count). The summed E-state index contributed by atoms with van der Waals surface area (Å²) in [7, 11) is 0. The molecule has 2 atom stereocenters. The molecule has 162 valence electrons. The van der Waals surface area contributed by atoms with Crippen LogP contribution in [0.4, 0.5) is 23.2 Å². The summed E-state index contributed by atoms with van der Waals surface area (Å²) in [5.41, 5.74) is -3.48. The summed E-state index contributed by atoms with van der Waals surface area (Å²) in [6.45, 7) is 0.145.